The van der Waals surface area contributed by atoms with Gasteiger partial charge in [-0.25, -0.2) is 4.79 Å². The van der Waals surface area contributed by atoms with E-state index in [0.29, 0.717) is 0 Å². The van der Waals surface area contributed by atoms with E-state index >= 15 is 0 Å². The van der Waals surface area contributed by atoms with Crippen molar-refractivity contribution < 1.29 is 29.1 Å². The zero-order valence-electron chi connectivity index (χ0n) is 15.3. The average Bonchev–Trinajstić information content (AvgIpc) is 3.12. The van der Waals surface area contributed by atoms with E-state index in [1.807, 2.05) is 19.1 Å². The molecule has 0 spiro atoms. The van der Waals surface area contributed by atoms with Crippen LogP contribution < -0.4 is 16.1 Å². The molecule has 2 amide bonds. The molecule has 1 aromatic carbocycles. The Kier molecular flexibility index (Phi) is 8.63. The number of thioether (sulfide) groups is 1. The minimum atomic E-state index is -1.26. The molecule has 0 aromatic heterocycles. The van der Waals surface area contributed by atoms with Crippen LogP contribution in [0.15, 0.2) is 41.4 Å². The lowest BCUT2D eigenvalue weighted by molar-refractivity contribution is -0.139. The maximum absolute atomic E-state index is 12.3. The van der Waals surface area contributed by atoms with Gasteiger partial charge in [0.1, 0.15) is 18.8 Å². The Bertz CT molecular complexity index is 713. The maximum Gasteiger partial charge on any atom is 0.408 e. The summed E-state index contributed by atoms with van der Waals surface area (Å²) >= 11 is 1.56. The molecule has 0 bridgehead atoms. The summed E-state index contributed by atoms with van der Waals surface area (Å²) in [4.78, 5) is 40.6. The van der Waals surface area contributed by atoms with Crippen molar-refractivity contribution in [2.45, 2.75) is 32.1 Å². The van der Waals surface area contributed by atoms with E-state index < -0.39 is 30.4 Å². The van der Waals surface area contributed by atoms with Gasteiger partial charge in [0.15, 0.2) is 0 Å². The number of nitrogens with one attached hydrogen (secondary N) is 3. The van der Waals surface area contributed by atoms with E-state index in [9.17, 15) is 14.4 Å². The van der Waals surface area contributed by atoms with Gasteiger partial charge in [0.05, 0.1) is 18.0 Å². The van der Waals surface area contributed by atoms with E-state index in [1.165, 1.54) is 0 Å². The smallest absolute Gasteiger partial charge is 0.408 e. The molecule has 1 heterocycles. The van der Waals surface area contributed by atoms with E-state index in [1.54, 1.807) is 36.0 Å². The minimum Gasteiger partial charge on any atom is -0.481 e. The topological polar surface area (TPSA) is 126 Å². The van der Waals surface area contributed by atoms with Gasteiger partial charge in [0, 0.05) is 0 Å². The Morgan fingerprint density at radius 3 is 2.75 bits per heavy atom. The molecule has 4 N–H and O–H groups in total. The molecule has 0 fully saturated rings. The highest BCUT2D eigenvalue weighted by molar-refractivity contribution is 8.02. The zero-order valence-corrected chi connectivity index (χ0v) is 16.2. The first-order valence-corrected chi connectivity index (χ1v) is 9.69. The van der Waals surface area contributed by atoms with Crippen molar-refractivity contribution in [3.05, 3.63) is 47.0 Å². The Balaban J connectivity index is 1.83. The quantitative estimate of drug-likeness (QED) is 0.457. The number of carboxylic acid groups (broad SMARTS) is 1. The van der Waals surface area contributed by atoms with Crippen molar-refractivity contribution in [1.82, 2.24) is 16.1 Å². The van der Waals surface area contributed by atoms with Crippen LogP contribution in [0.3, 0.4) is 0 Å². The number of benzene rings is 1. The van der Waals surface area contributed by atoms with Crippen molar-refractivity contribution in [3.63, 3.8) is 0 Å². The number of carboxylic acids is 1. The number of alkyl carbamates (subject to hydrolysis) is 1. The molecule has 28 heavy (non-hydrogen) atoms. The first-order chi connectivity index (χ1) is 13.5. The van der Waals surface area contributed by atoms with Crippen LogP contribution in [0.5, 0.6) is 0 Å². The standard InChI is InChI=1S/C18H23N3O6S/c1-2-28-15-8-13(27-21-15)10-19-17(24)14(9-16(22)23)20-18(25)26-11-12-6-4-3-5-7-12/h3-8,13-14,21H,2,9-11H2,1H3,(H,19,24)(H,20,25)(H,22,23)/t13?,14-/m0/s1. The molecule has 2 rings (SSSR count). The van der Waals surface area contributed by atoms with Crippen LogP contribution in [0.1, 0.15) is 18.9 Å². The molecule has 2 atom stereocenters. The summed E-state index contributed by atoms with van der Waals surface area (Å²) in [5.41, 5.74) is 3.52. The molecule has 0 radical (unpaired) electrons. The molecule has 1 aliphatic rings. The number of hydrogen-bond donors (Lipinski definition) is 4. The molecular formula is C18H23N3O6S. The SMILES string of the molecule is CCSC1=CC(CNC(=O)[C@H](CC(=O)O)NC(=O)OCc2ccccc2)ON1. The number of amides is 2. The van der Waals surface area contributed by atoms with Gasteiger partial charge in [-0.2, -0.15) is 0 Å². The van der Waals surface area contributed by atoms with Gasteiger partial charge in [-0.15, -0.1) is 11.8 Å². The third-order valence-corrected chi connectivity index (χ3v) is 4.44. The Labute approximate surface area is 166 Å². The fraction of sp³-hybridized carbons (Fsp3) is 0.389. The molecule has 9 nitrogen and oxygen atoms in total. The summed E-state index contributed by atoms with van der Waals surface area (Å²) in [5.74, 6) is -0.978. The first kappa shape index (κ1) is 21.6. The second-order valence-electron chi connectivity index (χ2n) is 5.82. The molecule has 152 valence electrons. The van der Waals surface area contributed by atoms with Gasteiger partial charge in [-0.1, -0.05) is 37.3 Å². The summed E-state index contributed by atoms with van der Waals surface area (Å²) in [6.45, 7) is 2.15. The molecule has 1 unspecified atom stereocenters. The number of hydroxylamine groups is 1. The number of aliphatic carboxylic acids is 1. The van der Waals surface area contributed by atoms with Crippen LogP contribution in [0, 0.1) is 0 Å². The average molecular weight is 409 g/mol. The molecule has 1 aliphatic heterocycles. The molecule has 0 saturated heterocycles. The summed E-state index contributed by atoms with van der Waals surface area (Å²) < 4.78 is 5.04. The summed E-state index contributed by atoms with van der Waals surface area (Å²) in [6, 6.07) is 7.74. The molecular weight excluding hydrogens is 386 g/mol. The lowest BCUT2D eigenvalue weighted by atomic mass is 10.2. The van der Waals surface area contributed by atoms with Crippen molar-refractivity contribution in [3.8, 4) is 0 Å². The van der Waals surface area contributed by atoms with Gasteiger partial charge in [-0.05, 0) is 17.4 Å². The van der Waals surface area contributed by atoms with Crippen LogP contribution in [0.2, 0.25) is 0 Å². The second-order valence-corrected chi connectivity index (χ2v) is 7.13. The van der Waals surface area contributed by atoms with E-state index in [2.05, 4.69) is 16.1 Å². The summed E-state index contributed by atoms with van der Waals surface area (Å²) in [7, 11) is 0. The highest BCUT2D eigenvalue weighted by Crippen LogP contribution is 2.18. The monoisotopic (exact) mass is 409 g/mol. The van der Waals surface area contributed by atoms with Crippen molar-refractivity contribution >= 4 is 29.7 Å². The van der Waals surface area contributed by atoms with Crippen LogP contribution in [0.4, 0.5) is 4.79 Å². The van der Waals surface area contributed by atoms with E-state index in [4.69, 9.17) is 14.7 Å². The maximum atomic E-state index is 12.3. The van der Waals surface area contributed by atoms with Gasteiger partial charge < -0.3 is 20.5 Å². The highest BCUT2D eigenvalue weighted by Gasteiger charge is 2.26. The molecule has 10 heteroatoms. The van der Waals surface area contributed by atoms with Crippen LogP contribution in [0.25, 0.3) is 0 Å². The van der Waals surface area contributed by atoms with Crippen LogP contribution in [-0.4, -0.2) is 47.5 Å². The van der Waals surface area contributed by atoms with Gasteiger partial charge in [0.25, 0.3) is 0 Å². The molecule has 0 aliphatic carbocycles. The van der Waals surface area contributed by atoms with E-state index in [0.717, 1.165) is 16.3 Å². The van der Waals surface area contributed by atoms with Crippen molar-refractivity contribution in [1.29, 1.82) is 0 Å². The number of hydrogen-bond acceptors (Lipinski definition) is 7. The van der Waals surface area contributed by atoms with Crippen LogP contribution in [-0.2, 0) is 25.8 Å². The predicted molar refractivity (Wildman–Crippen MR) is 103 cm³/mol. The molecule has 0 saturated carbocycles. The third kappa shape index (κ3) is 7.49. The minimum absolute atomic E-state index is 0.0122. The van der Waals surface area contributed by atoms with Gasteiger partial charge in [0.2, 0.25) is 5.91 Å². The van der Waals surface area contributed by atoms with Gasteiger partial charge in [-0.3, -0.25) is 19.9 Å². The van der Waals surface area contributed by atoms with Crippen LogP contribution >= 0.6 is 11.8 Å². The first-order valence-electron chi connectivity index (χ1n) is 8.71. The Hall–Kier alpha value is -2.72. The van der Waals surface area contributed by atoms with E-state index in [-0.39, 0.29) is 19.3 Å². The lowest BCUT2D eigenvalue weighted by Gasteiger charge is -2.17. The number of carbonyl (C=O) groups excluding carboxylic acids is 2. The van der Waals surface area contributed by atoms with Crippen molar-refractivity contribution in [2.75, 3.05) is 12.3 Å². The highest BCUT2D eigenvalue weighted by atomic mass is 32.2. The number of carbonyl (C=O) groups is 3. The zero-order chi connectivity index (χ0) is 20.4. The normalized spacial score (nSPS) is 16.5. The van der Waals surface area contributed by atoms with Crippen molar-refractivity contribution in [2.24, 2.45) is 0 Å². The Morgan fingerprint density at radius 1 is 1.32 bits per heavy atom. The number of rotatable bonds is 10. The second kappa shape index (κ2) is 11.2. The third-order valence-electron chi connectivity index (χ3n) is 3.63. The summed E-state index contributed by atoms with van der Waals surface area (Å²) in [6.07, 6.45) is 0.00412. The fourth-order valence-corrected chi connectivity index (χ4v) is 2.99. The largest absolute Gasteiger partial charge is 0.481 e. The fourth-order valence-electron chi connectivity index (χ4n) is 2.32. The number of ether oxygens (including phenoxy) is 1. The lowest BCUT2D eigenvalue weighted by Crippen LogP contribution is -2.49. The molecule has 1 aromatic rings. The van der Waals surface area contributed by atoms with Gasteiger partial charge >= 0.3 is 12.1 Å². The Morgan fingerprint density at radius 2 is 2.07 bits per heavy atom. The summed E-state index contributed by atoms with van der Waals surface area (Å²) in [5, 5.41) is 14.7. The predicted octanol–water partition coefficient (Wildman–Crippen LogP) is 1.37.